The van der Waals surface area contributed by atoms with Gasteiger partial charge in [0.15, 0.2) is 0 Å². The number of alkyl halides is 3. The van der Waals surface area contributed by atoms with Crippen LogP contribution in [0.1, 0.15) is 0 Å². The Bertz CT molecular complexity index is 113. The van der Waals surface area contributed by atoms with Crippen molar-refractivity contribution in [3.8, 4) is 0 Å². The Balaban J connectivity index is 3.39. The van der Waals surface area contributed by atoms with E-state index in [9.17, 15) is 14.3 Å². The first-order valence-electron chi connectivity index (χ1n) is 1.93. The number of halogens is 3. The van der Waals surface area contributed by atoms with E-state index in [1.54, 1.807) is 5.32 Å². The summed E-state index contributed by atoms with van der Waals surface area (Å²) in [5.41, 5.74) is 0. The van der Waals surface area contributed by atoms with Gasteiger partial charge < -0.3 is 5.32 Å². The number of nitrogens with one attached hydrogen (secondary N) is 1. The normalized spacial score (nSPS) is 11.0. The largest absolute Gasteiger partial charge is 0.450 e. The summed E-state index contributed by atoms with van der Waals surface area (Å²) in [6.45, 7) is -0.696. The van der Waals surface area contributed by atoms with Crippen molar-refractivity contribution in [2.75, 3.05) is 6.54 Å². The third-order valence-corrected chi connectivity index (χ3v) is 0.700. The van der Waals surface area contributed by atoms with Crippen LogP contribution in [-0.2, 0) is 5.11 Å². The van der Waals surface area contributed by atoms with Crippen LogP contribution in [0.25, 0.3) is 0 Å². The van der Waals surface area contributed by atoms with Gasteiger partial charge in [0.2, 0.25) is 0 Å². The van der Waals surface area contributed by atoms with Crippen LogP contribution in [0.3, 0.4) is 0 Å². The van der Waals surface area contributed by atoms with Crippen LogP contribution in [0.4, 0.5) is 9.18 Å². The Morgan fingerprint density at radius 1 is 1.67 bits per heavy atom. The van der Waals surface area contributed by atoms with E-state index in [2.05, 4.69) is 0 Å². The highest BCUT2D eigenvalue weighted by atomic mass is 35.5. The molecule has 0 unspecified atom stereocenters. The lowest BCUT2D eigenvalue weighted by molar-refractivity contribution is 0.165. The van der Waals surface area contributed by atoms with Crippen molar-refractivity contribution in [3.05, 3.63) is 0 Å². The van der Waals surface area contributed by atoms with E-state index in [0.717, 1.165) is 0 Å². The molecule has 0 saturated carbocycles. The van der Waals surface area contributed by atoms with Crippen molar-refractivity contribution < 1.29 is 14.3 Å². The van der Waals surface area contributed by atoms with E-state index in [0.29, 0.717) is 0 Å². The Morgan fingerprint density at radius 3 is 2.22 bits per heavy atom. The lowest BCUT2D eigenvalue weighted by Gasteiger charge is -2.05. The summed E-state index contributed by atoms with van der Waals surface area (Å²) in [4.78, 5) is 9.54. The van der Waals surface area contributed by atoms with Crippen molar-refractivity contribution in [1.29, 1.82) is 0 Å². The van der Waals surface area contributed by atoms with Gasteiger partial charge in [-0.2, -0.15) is 0 Å². The van der Waals surface area contributed by atoms with Crippen molar-refractivity contribution in [3.63, 3.8) is 0 Å². The number of hydrogen-bond acceptors (Lipinski definition) is 1. The van der Waals surface area contributed by atoms with Gasteiger partial charge in [0.1, 0.15) is 0 Å². The first-order valence-corrected chi connectivity index (χ1v) is 2.69. The van der Waals surface area contributed by atoms with E-state index in [4.69, 9.17) is 23.2 Å². The Kier molecular flexibility index (Phi) is 3.00. The van der Waals surface area contributed by atoms with Crippen molar-refractivity contribution in [2.45, 2.75) is 4.59 Å². The molecule has 0 heterocycles. The fourth-order valence-electron chi connectivity index (χ4n) is 0.172. The molecule has 3 nitrogen and oxygen atoms in total. The second-order valence-corrected chi connectivity index (χ2v) is 2.65. The highest BCUT2D eigenvalue weighted by Crippen LogP contribution is 2.20. The number of carbonyl (C=O) groups excluding carboxylic acids is 1. The number of rotatable bonds is 2. The first kappa shape index (κ1) is 8.78. The SMILES string of the molecule is [O]C(=O)NCC(F)(Cl)Cl. The van der Waals surface area contributed by atoms with Gasteiger partial charge in [-0.05, 0) is 0 Å². The summed E-state index contributed by atoms with van der Waals surface area (Å²) in [6, 6.07) is 0. The van der Waals surface area contributed by atoms with E-state index in [-0.39, 0.29) is 0 Å². The van der Waals surface area contributed by atoms with Gasteiger partial charge in [-0.3, -0.25) is 0 Å². The molecular formula is C3H3Cl2FNO2. The maximum Gasteiger partial charge on any atom is 0.450 e. The summed E-state index contributed by atoms with van der Waals surface area (Å²) in [5, 5.41) is 11.1. The van der Waals surface area contributed by atoms with Crippen LogP contribution in [-0.4, -0.2) is 17.2 Å². The molecule has 0 aliphatic rings. The smallest absolute Gasteiger partial charge is 0.313 e. The standard InChI is InChI=1S/C3H3Cl2FNO2/c4-3(5,6)1-7-2(8)9/h7H,1H2. The molecule has 0 bridgehead atoms. The Labute approximate surface area is 60.7 Å². The third-order valence-electron chi connectivity index (χ3n) is 0.433. The van der Waals surface area contributed by atoms with Crippen LogP contribution in [0.5, 0.6) is 0 Å². The molecule has 0 spiro atoms. The molecule has 6 heteroatoms. The van der Waals surface area contributed by atoms with Gasteiger partial charge in [0.25, 0.3) is 4.59 Å². The zero-order valence-electron chi connectivity index (χ0n) is 4.16. The molecule has 0 aromatic carbocycles. The van der Waals surface area contributed by atoms with Gasteiger partial charge in [-0.15, -0.1) is 0 Å². The number of hydrogen-bond donors (Lipinski definition) is 1. The molecule has 0 atom stereocenters. The topological polar surface area (TPSA) is 49.0 Å². The predicted octanol–water partition coefficient (Wildman–Crippen LogP) is 1.23. The zero-order valence-corrected chi connectivity index (χ0v) is 5.67. The van der Waals surface area contributed by atoms with E-state index in [1.165, 1.54) is 0 Å². The van der Waals surface area contributed by atoms with Gasteiger partial charge in [0.05, 0.1) is 6.54 Å². The van der Waals surface area contributed by atoms with Crippen molar-refractivity contribution in [2.24, 2.45) is 0 Å². The molecule has 1 N–H and O–H groups in total. The fourth-order valence-corrected chi connectivity index (χ4v) is 0.306. The van der Waals surface area contributed by atoms with Gasteiger partial charge in [0, 0.05) is 0 Å². The van der Waals surface area contributed by atoms with E-state index < -0.39 is 17.2 Å². The number of carbonyl (C=O) groups is 1. The molecular weight excluding hydrogens is 172 g/mol. The van der Waals surface area contributed by atoms with Gasteiger partial charge in [-0.25, -0.2) is 14.3 Å². The van der Waals surface area contributed by atoms with E-state index >= 15 is 0 Å². The minimum atomic E-state index is -2.56. The summed E-state index contributed by atoms with van der Waals surface area (Å²) >= 11 is 9.44. The molecule has 1 amide bonds. The first-order chi connectivity index (χ1) is 3.92. The summed E-state index contributed by atoms with van der Waals surface area (Å²) in [5.74, 6) is 0. The van der Waals surface area contributed by atoms with Crippen LogP contribution in [0.15, 0.2) is 0 Å². The second-order valence-electron chi connectivity index (χ2n) is 1.26. The second kappa shape index (κ2) is 3.08. The van der Waals surface area contributed by atoms with Crippen molar-refractivity contribution >= 4 is 29.3 Å². The minimum Gasteiger partial charge on any atom is -0.313 e. The maximum absolute atomic E-state index is 11.9. The molecule has 0 aliphatic heterocycles. The highest BCUT2D eigenvalue weighted by molar-refractivity contribution is 6.47. The van der Waals surface area contributed by atoms with Crippen LogP contribution in [0.2, 0.25) is 0 Å². The van der Waals surface area contributed by atoms with Crippen LogP contribution in [0, 0.1) is 0 Å². The van der Waals surface area contributed by atoms with Gasteiger partial charge >= 0.3 is 6.09 Å². The zero-order chi connectivity index (χ0) is 7.49. The quantitative estimate of drug-likeness (QED) is 0.630. The maximum atomic E-state index is 11.9. The fraction of sp³-hybridized carbons (Fsp3) is 0.667. The molecule has 1 radical (unpaired) electrons. The average molecular weight is 175 g/mol. The lowest BCUT2D eigenvalue weighted by Crippen LogP contribution is -2.30. The monoisotopic (exact) mass is 174 g/mol. The summed E-state index contributed by atoms with van der Waals surface area (Å²) < 4.78 is 9.37. The van der Waals surface area contributed by atoms with Crippen LogP contribution < -0.4 is 5.32 Å². The predicted molar refractivity (Wildman–Crippen MR) is 29.6 cm³/mol. The van der Waals surface area contributed by atoms with Crippen LogP contribution >= 0.6 is 23.2 Å². The lowest BCUT2D eigenvalue weighted by atomic mass is 10.7. The minimum absolute atomic E-state index is 0.696. The van der Waals surface area contributed by atoms with Crippen molar-refractivity contribution in [1.82, 2.24) is 5.32 Å². The van der Waals surface area contributed by atoms with E-state index in [1.807, 2.05) is 0 Å². The summed E-state index contributed by atoms with van der Waals surface area (Å²) in [6.07, 6.45) is -1.61. The molecule has 0 rings (SSSR count). The third kappa shape index (κ3) is 7.78. The van der Waals surface area contributed by atoms with Gasteiger partial charge in [-0.1, -0.05) is 23.2 Å². The molecule has 0 aromatic rings. The molecule has 0 aliphatic carbocycles. The molecule has 0 fully saturated rings. The molecule has 0 saturated heterocycles. The summed E-state index contributed by atoms with van der Waals surface area (Å²) in [7, 11) is 0. The Hall–Kier alpha value is -0.220. The molecule has 9 heavy (non-hydrogen) atoms. The highest BCUT2D eigenvalue weighted by Gasteiger charge is 2.22. The molecule has 0 aromatic heterocycles. The average Bonchev–Trinajstić information content (AvgIpc) is 1.59. The Morgan fingerprint density at radius 2 is 2.11 bits per heavy atom. The number of amides is 1. The molecule has 53 valence electrons.